The molecule has 0 aromatic heterocycles. The standard InChI is InChI=1S/C26H35N3O5S/c1-35(31,32)29(23-10-11-24-25(18-23)34-16-15-33-24)14-6-9-26(30)27-19-21-7-5-8-22(17-21)20-28-12-3-2-4-13-28/h5,7-8,10-11,17-18H,2-4,6,9,12-16,19-20H2,1H3,(H,27,30). The van der Waals surface area contributed by atoms with E-state index in [0.29, 0.717) is 43.4 Å². The van der Waals surface area contributed by atoms with Gasteiger partial charge in [0.05, 0.1) is 11.9 Å². The number of sulfonamides is 1. The molecule has 1 N–H and O–H groups in total. The van der Waals surface area contributed by atoms with E-state index in [4.69, 9.17) is 9.47 Å². The number of hydrogen-bond donors (Lipinski definition) is 1. The van der Waals surface area contributed by atoms with Gasteiger partial charge in [0.2, 0.25) is 15.9 Å². The van der Waals surface area contributed by atoms with Gasteiger partial charge in [-0.05, 0) is 55.6 Å². The fourth-order valence-corrected chi connectivity index (χ4v) is 5.52. The lowest BCUT2D eigenvalue weighted by molar-refractivity contribution is -0.121. The van der Waals surface area contributed by atoms with Gasteiger partial charge in [0, 0.05) is 32.1 Å². The van der Waals surface area contributed by atoms with Crippen LogP contribution in [0.1, 0.15) is 43.2 Å². The van der Waals surface area contributed by atoms with E-state index in [1.165, 1.54) is 35.4 Å². The van der Waals surface area contributed by atoms with Crippen molar-refractivity contribution < 1.29 is 22.7 Å². The number of piperidine rings is 1. The van der Waals surface area contributed by atoms with E-state index < -0.39 is 10.0 Å². The Balaban J connectivity index is 1.26. The third-order valence-electron chi connectivity index (χ3n) is 6.32. The molecule has 1 amide bonds. The molecule has 4 rings (SSSR count). The van der Waals surface area contributed by atoms with Crippen LogP contribution in [0.4, 0.5) is 5.69 Å². The molecule has 2 aromatic rings. The minimum atomic E-state index is -3.51. The smallest absolute Gasteiger partial charge is 0.232 e. The van der Waals surface area contributed by atoms with Crippen LogP contribution in [0.25, 0.3) is 0 Å². The van der Waals surface area contributed by atoms with Crippen molar-refractivity contribution in [3.05, 3.63) is 53.6 Å². The summed E-state index contributed by atoms with van der Waals surface area (Å²) in [5, 5.41) is 2.97. The van der Waals surface area contributed by atoms with Crippen LogP contribution in [0.2, 0.25) is 0 Å². The molecule has 2 aliphatic heterocycles. The van der Waals surface area contributed by atoms with Gasteiger partial charge in [-0.2, -0.15) is 0 Å². The van der Waals surface area contributed by atoms with E-state index in [9.17, 15) is 13.2 Å². The highest BCUT2D eigenvalue weighted by Gasteiger charge is 2.21. The van der Waals surface area contributed by atoms with Crippen LogP contribution in [0.5, 0.6) is 11.5 Å². The van der Waals surface area contributed by atoms with Crippen LogP contribution in [0.3, 0.4) is 0 Å². The number of carbonyl (C=O) groups excluding carboxylic acids is 1. The summed E-state index contributed by atoms with van der Waals surface area (Å²) < 4.78 is 37.2. The minimum Gasteiger partial charge on any atom is -0.486 e. The molecule has 2 aromatic carbocycles. The van der Waals surface area contributed by atoms with Crippen LogP contribution in [0, 0.1) is 0 Å². The Morgan fingerprint density at radius 3 is 2.51 bits per heavy atom. The number of ether oxygens (including phenoxy) is 2. The van der Waals surface area contributed by atoms with Crippen molar-refractivity contribution in [2.75, 3.05) is 43.4 Å². The van der Waals surface area contributed by atoms with Crippen molar-refractivity contribution in [1.29, 1.82) is 0 Å². The first-order valence-corrected chi connectivity index (χ1v) is 14.2. The Morgan fingerprint density at radius 2 is 1.74 bits per heavy atom. The van der Waals surface area contributed by atoms with Crippen LogP contribution >= 0.6 is 0 Å². The highest BCUT2D eigenvalue weighted by atomic mass is 32.2. The summed E-state index contributed by atoms with van der Waals surface area (Å²) in [4.78, 5) is 14.9. The van der Waals surface area contributed by atoms with Crippen molar-refractivity contribution in [3.63, 3.8) is 0 Å². The fourth-order valence-electron chi connectivity index (χ4n) is 4.56. The largest absolute Gasteiger partial charge is 0.486 e. The molecule has 0 aliphatic carbocycles. The molecule has 2 heterocycles. The number of rotatable bonds is 10. The number of fused-ring (bicyclic) bond motifs is 1. The van der Waals surface area contributed by atoms with E-state index in [1.54, 1.807) is 18.2 Å². The second kappa shape index (κ2) is 11.8. The maximum atomic E-state index is 12.5. The first-order chi connectivity index (χ1) is 16.9. The van der Waals surface area contributed by atoms with Crippen molar-refractivity contribution in [1.82, 2.24) is 10.2 Å². The van der Waals surface area contributed by atoms with Crippen molar-refractivity contribution in [2.45, 2.75) is 45.2 Å². The lowest BCUT2D eigenvalue weighted by atomic mass is 10.1. The monoisotopic (exact) mass is 501 g/mol. The zero-order chi connectivity index (χ0) is 24.7. The molecular weight excluding hydrogens is 466 g/mol. The third kappa shape index (κ3) is 7.35. The van der Waals surface area contributed by atoms with E-state index in [1.807, 2.05) is 12.1 Å². The van der Waals surface area contributed by atoms with Crippen LogP contribution < -0.4 is 19.1 Å². The summed E-state index contributed by atoms with van der Waals surface area (Å²) >= 11 is 0. The summed E-state index contributed by atoms with van der Waals surface area (Å²) in [5.41, 5.74) is 2.84. The van der Waals surface area contributed by atoms with E-state index >= 15 is 0 Å². The normalized spacial score (nSPS) is 16.0. The molecule has 1 fully saturated rings. The topological polar surface area (TPSA) is 88.2 Å². The summed E-state index contributed by atoms with van der Waals surface area (Å²) in [6, 6.07) is 13.4. The molecule has 0 saturated carbocycles. The molecule has 0 radical (unpaired) electrons. The van der Waals surface area contributed by atoms with Crippen LogP contribution in [-0.2, 0) is 27.9 Å². The molecule has 8 nitrogen and oxygen atoms in total. The van der Waals surface area contributed by atoms with Gasteiger partial charge in [-0.15, -0.1) is 0 Å². The lowest BCUT2D eigenvalue weighted by Gasteiger charge is -2.26. The van der Waals surface area contributed by atoms with E-state index in [-0.39, 0.29) is 18.9 Å². The number of benzene rings is 2. The van der Waals surface area contributed by atoms with Gasteiger partial charge < -0.3 is 14.8 Å². The number of nitrogens with zero attached hydrogens (tertiary/aromatic N) is 2. The Morgan fingerprint density at radius 1 is 1.00 bits per heavy atom. The lowest BCUT2D eigenvalue weighted by Crippen LogP contribution is -2.32. The average Bonchev–Trinajstić information content (AvgIpc) is 2.85. The Labute approximate surface area is 208 Å². The predicted octanol–water partition coefficient (Wildman–Crippen LogP) is 3.31. The fraction of sp³-hybridized carbons (Fsp3) is 0.500. The third-order valence-corrected chi connectivity index (χ3v) is 7.51. The maximum Gasteiger partial charge on any atom is 0.232 e. The van der Waals surface area contributed by atoms with Gasteiger partial charge in [0.15, 0.2) is 11.5 Å². The van der Waals surface area contributed by atoms with Gasteiger partial charge in [0.25, 0.3) is 0 Å². The Kier molecular flexibility index (Phi) is 8.51. The zero-order valence-electron chi connectivity index (χ0n) is 20.4. The molecule has 35 heavy (non-hydrogen) atoms. The SMILES string of the molecule is CS(=O)(=O)N(CCCC(=O)NCc1cccc(CN2CCCCC2)c1)c1ccc2c(c1)OCCO2. The number of nitrogens with one attached hydrogen (secondary N) is 1. The van der Waals surface area contributed by atoms with Crippen molar-refractivity contribution >= 4 is 21.6 Å². The average molecular weight is 502 g/mol. The predicted molar refractivity (Wildman–Crippen MR) is 136 cm³/mol. The molecule has 2 aliphatic rings. The van der Waals surface area contributed by atoms with Crippen molar-refractivity contribution in [3.8, 4) is 11.5 Å². The van der Waals surface area contributed by atoms with Gasteiger partial charge in [-0.25, -0.2) is 8.42 Å². The van der Waals surface area contributed by atoms with Crippen LogP contribution in [-0.4, -0.2) is 58.3 Å². The van der Waals surface area contributed by atoms with E-state index in [0.717, 1.165) is 25.2 Å². The van der Waals surface area contributed by atoms with Gasteiger partial charge in [0.1, 0.15) is 13.2 Å². The molecule has 0 bridgehead atoms. The van der Waals surface area contributed by atoms with Gasteiger partial charge >= 0.3 is 0 Å². The quantitative estimate of drug-likeness (QED) is 0.538. The van der Waals surface area contributed by atoms with E-state index in [2.05, 4.69) is 22.3 Å². The summed E-state index contributed by atoms with van der Waals surface area (Å²) in [6.45, 7) is 4.82. The second-order valence-corrected chi connectivity index (χ2v) is 11.1. The van der Waals surface area contributed by atoms with Crippen LogP contribution in [0.15, 0.2) is 42.5 Å². The molecule has 9 heteroatoms. The molecular formula is C26H35N3O5S. The first kappa shape index (κ1) is 25.3. The number of hydrogen-bond acceptors (Lipinski definition) is 6. The molecule has 1 saturated heterocycles. The minimum absolute atomic E-state index is 0.0953. The summed E-state index contributed by atoms with van der Waals surface area (Å²) in [6.07, 6.45) is 5.66. The van der Waals surface area contributed by atoms with Gasteiger partial charge in [-0.1, -0.05) is 30.7 Å². The molecule has 0 unspecified atom stereocenters. The molecule has 190 valence electrons. The summed E-state index contributed by atoms with van der Waals surface area (Å²) in [5.74, 6) is 1.04. The summed E-state index contributed by atoms with van der Waals surface area (Å²) in [7, 11) is -3.51. The Hall–Kier alpha value is -2.78. The number of likely N-dealkylation sites (tertiary alicyclic amines) is 1. The molecule has 0 spiro atoms. The highest BCUT2D eigenvalue weighted by Crippen LogP contribution is 2.34. The zero-order valence-corrected chi connectivity index (χ0v) is 21.2. The van der Waals surface area contributed by atoms with Gasteiger partial charge in [-0.3, -0.25) is 14.0 Å². The number of anilines is 1. The highest BCUT2D eigenvalue weighted by molar-refractivity contribution is 7.92. The molecule has 0 atom stereocenters. The maximum absolute atomic E-state index is 12.5. The second-order valence-electron chi connectivity index (χ2n) is 9.20. The Bertz CT molecular complexity index is 1120. The number of carbonyl (C=O) groups is 1. The first-order valence-electron chi connectivity index (χ1n) is 12.3. The van der Waals surface area contributed by atoms with Crippen molar-refractivity contribution in [2.24, 2.45) is 0 Å². The number of amides is 1.